The Kier molecular flexibility index (Phi) is 1.64. The molecule has 1 aromatic carbocycles. The summed E-state index contributed by atoms with van der Waals surface area (Å²) in [5, 5.41) is 9.31. The van der Waals surface area contributed by atoms with E-state index in [0.717, 1.165) is 5.56 Å². The monoisotopic (exact) mass is 177 g/mol. The first-order chi connectivity index (χ1) is 6.03. The molecule has 2 heteroatoms. The Morgan fingerprint density at radius 3 is 2.46 bits per heavy atom. The fraction of sp³-hybridized carbons (Fsp3) is 0.455. The highest BCUT2D eigenvalue weighted by atomic mass is 16.3. The van der Waals surface area contributed by atoms with E-state index in [1.807, 2.05) is 12.1 Å². The van der Waals surface area contributed by atoms with E-state index in [0.29, 0.717) is 11.7 Å². The number of aromatic hydroxyl groups is 1. The molecule has 0 aliphatic heterocycles. The third kappa shape index (κ3) is 1.22. The van der Waals surface area contributed by atoms with Gasteiger partial charge in [0.2, 0.25) is 0 Å². The maximum absolute atomic E-state index is 9.31. The van der Waals surface area contributed by atoms with Crippen molar-refractivity contribution in [2.75, 3.05) is 0 Å². The van der Waals surface area contributed by atoms with Gasteiger partial charge in [-0.25, -0.2) is 0 Å². The fourth-order valence-corrected chi connectivity index (χ4v) is 2.03. The first kappa shape index (κ1) is 8.57. The Hall–Kier alpha value is -1.02. The van der Waals surface area contributed by atoms with E-state index in [1.54, 1.807) is 12.1 Å². The Morgan fingerprint density at radius 2 is 2.00 bits per heavy atom. The fourth-order valence-electron chi connectivity index (χ4n) is 2.03. The van der Waals surface area contributed by atoms with Crippen molar-refractivity contribution >= 4 is 0 Å². The van der Waals surface area contributed by atoms with Gasteiger partial charge >= 0.3 is 0 Å². The smallest absolute Gasteiger partial charge is 0.115 e. The van der Waals surface area contributed by atoms with Crippen LogP contribution in [0.5, 0.6) is 5.75 Å². The lowest BCUT2D eigenvalue weighted by molar-refractivity contribution is 0.474. The highest BCUT2D eigenvalue weighted by Gasteiger charge is 2.56. The van der Waals surface area contributed by atoms with Crippen LogP contribution in [-0.2, 0) is 0 Å². The van der Waals surface area contributed by atoms with Crippen LogP contribution in [0.15, 0.2) is 24.3 Å². The van der Waals surface area contributed by atoms with Gasteiger partial charge in [-0.3, -0.25) is 0 Å². The number of benzene rings is 1. The molecule has 1 aliphatic carbocycles. The molecule has 2 unspecified atom stereocenters. The van der Waals surface area contributed by atoms with Crippen LogP contribution in [0.25, 0.3) is 0 Å². The predicted octanol–water partition coefficient (Wildman–Crippen LogP) is 1.84. The van der Waals surface area contributed by atoms with Gasteiger partial charge in [-0.15, -0.1) is 0 Å². The molecule has 0 heterocycles. The summed E-state index contributed by atoms with van der Waals surface area (Å²) in [6.45, 7) is 4.32. The van der Waals surface area contributed by atoms with E-state index in [-0.39, 0.29) is 11.5 Å². The molecule has 70 valence electrons. The van der Waals surface area contributed by atoms with E-state index in [9.17, 15) is 5.11 Å². The van der Waals surface area contributed by atoms with Crippen LogP contribution in [-0.4, -0.2) is 11.1 Å². The van der Waals surface area contributed by atoms with Crippen LogP contribution < -0.4 is 5.73 Å². The third-order valence-electron chi connectivity index (χ3n) is 3.14. The number of phenolic OH excluding ortho intramolecular Hbond substituents is 1. The molecule has 0 spiro atoms. The minimum absolute atomic E-state index is 0.188. The van der Waals surface area contributed by atoms with E-state index < -0.39 is 0 Å². The summed E-state index contributed by atoms with van der Waals surface area (Å²) in [5.74, 6) is 0.729. The summed E-state index contributed by atoms with van der Waals surface area (Å²) in [4.78, 5) is 0. The predicted molar refractivity (Wildman–Crippen MR) is 52.6 cm³/mol. The Bertz CT molecular complexity index is 333. The molecule has 2 rings (SSSR count). The zero-order valence-electron chi connectivity index (χ0n) is 7.99. The molecule has 0 radical (unpaired) electrons. The van der Waals surface area contributed by atoms with Crippen molar-refractivity contribution < 1.29 is 5.11 Å². The number of hydrogen-bond donors (Lipinski definition) is 2. The lowest BCUT2D eigenvalue weighted by Crippen LogP contribution is -2.06. The van der Waals surface area contributed by atoms with Crippen LogP contribution in [0.3, 0.4) is 0 Å². The Balaban J connectivity index is 2.29. The van der Waals surface area contributed by atoms with Crippen molar-refractivity contribution in [2.24, 2.45) is 11.1 Å². The molecule has 2 atom stereocenters. The molecule has 1 aliphatic rings. The standard InChI is InChI=1S/C11H15NO/c1-11(2)9(10(11)12)7-4-3-5-8(13)6-7/h3-6,9-10,13H,12H2,1-2H3. The normalized spacial score (nSPS) is 30.1. The summed E-state index contributed by atoms with van der Waals surface area (Å²) in [7, 11) is 0. The number of rotatable bonds is 1. The number of hydrogen-bond acceptors (Lipinski definition) is 2. The molecule has 1 fully saturated rings. The SMILES string of the molecule is CC1(C)C(N)C1c1cccc(O)c1. The zero-order chi connectivity index (χ0) is 9.64. The minimum atomic E-state index is 0.188. The molecule has 13 heavy (non-hydrogen) atoms. The van der Waals surface area contributed by atoms with Crippen LogP contribution in [0.4, 0.5) is 0 Å². The maximum atomic E-state index is 9.31. The molecule has 1 aromatic rings. The minimum Gasteiger partial charge on any atom is -0.508 e. The van der Waals surface area contributed by atoms with Crippen LogP contribution in [0.1, 0.15) is 25.3 Å². The number of nitrogens with two attached hydrogens (primary N) is 1. The number of phenols is 1. The summed E-state index contributed by atoms with van der Waals surface area (Å²) in [6, 6.07) is 7.61. The van der Waals surface area contributed by atoms with Gasteiger partial charge in [-0.05, 0) is 23.1 Å². The van der Waals surface area contributed by atoms with Gasteiger partial charge in [0, 0.05) is 12.0 Å². The van der Waals surface area contributed by atoms with Crippen molar-refractivity contribution in [2.45, 2.75) is 25.8 Å². The largest absolute Gasteiger partial charge is 0.508 e. The average Bonchev–Trinajstić information content (AvgIpc) is 2.51. The van der Waals surface area contributed by atoms with E-state index in [1.165, 1.54) is 0 Å². The Morgan fingerprint density at radius 1 is 1.38 bits per heavy atom. The summed E-state index contributed by atoms with van der Waals surface area (Å²) < 4.78 is 0. The lowest BCUT2D eigenvalue weighted by atomic mass is 10.0. The molecule has 0 amide bonds. The van der Waals surface area contributed by atoms with Gasteiger partial charge in [-0.2, -0.15) is 0 Å². The highest BCUT2D eigenvalue weighted by Crippen LogP contribution is 2.57. The molecule has 0 bridgehead atoms. The second-order valence-electron chi connectivity index (χ2n) is 4.42. The van der Waals surface area contributed by atoms with Gasteiger partial charge < -0.3 is 10.8 Å². The summed E-state index contributed by atoms with van der Waals surface area (Å²) in [5.41, 5.74) is 7.28. The van der Waals surface area contributed by atoms with Gasteiger partial charge in [0.1, 0.15) is 5.75 Å². The van der Waals surface area contributed by atoms with E-state index in [4.69, 9.17) is 5.73 Å². The quantitative estimate of drug-likeness (QED) is 0.687. The average molecular weight is 177 g/mol. The second-order valence-corrected chi connectivity index (χ2v) is 4.42. The van der Waals surface area contributed by atoms with Crippen molar-refractivity contribution in [3.63, 3.8) is 0 Å². The Labute approximate surface area is 78.4 Å². The third-order valence-corrected chi connectivity index (χ3v) is 3.14. The molecule has 0 aromatic heterocycles. The van der Waals surface area contributed by atoms with E-state index >= 15 is 0 Å². The lowest BCUT2D eigenvalue weighted by Gasteiger charge is -2.02. The van der Waals surface area contributed by atoms with Crippen molar-refractivity contribution in [1.29, 1.82) is 0 Å². The van der Waals surface area contributed by atoms with Crippen molar-refractivity contribution in [1.82, 2.24) is 0 Å². The summed E-state index contributed by atoms with van der Waals surface area (Å²) >= 11 is 0. The molecule has 1 saturated carbocycles. The first-order valence-corrected chi connectivity index (χ1v) is 4.58. The molecular formula is C11H15NO. The topological polar surface area (TPSA) is 46.2 Å². The molecule has 0 saturated heterocycles. The van der Waals surface area contributed by atoms with E-state index in [2.05, 4.69) is 13.8 Å². The van der Waals surface area contributed by atoms with Gasteiger partial charge in [0.05, 0.1) is 0 Å². The van der Waals surface area contributed by atoms with Gasteiger partial charge in [-0.1, -0.05) is 26.0 Å². The zero-order valence-corrected chi connectivity index (χ0v) is 7.99. The van der Waals surface area contributed by atoms with Gasteiger partial charge in [0.15, 0.2) is 0 Å². The van der Waals surface area contributed by atoms with Crippen molar-refractivity contribution in [3.05, 3.63) is 29.8 Å². The maximum Gasteiger partial charge on any atom is 0.115 e. The van der Waals surface area contributed by atoms with Gasteiger partial charge in [0.25, 0.3) is 0 Å². The second kappa shape index (κ2) is 2.48. The van der Waals surface area contributed by atoms with Crippen LogP contribution in [0.2, 0.25) is 0 Å². The summed E-state index contributed by atoms with van der Waals surface area (Å²) in [6.07, 6.45) is 0. The highest BCUT2D eigenvalue weighted by molar-refractivity contribution is 5.38. The van der Waals surface area contributed by atoms with Crippen molar-refractivity contribution in [3.8, 4) is 5.75 Å². The van der Waals surface area contributed by atoms with Crippen LogP contribution in [0, 0.1) is 5.41 Å². The molecular weight excluding hydrogens is 162 g/mol. The molecule has 2 nitrogen and oxygen atoms in total. The van der Waals surface area contributed by atoms with Crippen LogP contribution >= 0.6 is 0 Å². The molecule has 3 N–H and O–H groups in total. The first-order valence-electron chi connectivity index (χ1n) is 4.58.